The zero-order valence-electron chi connectivity index (χ0n) is 14.8. The summed E-state index contributed by atoms with van der Waals surface area (Å²) in [5.74, 6) is -1.98. The van der Waals surface area contributed by atoms with Gasteiger partial charge in [-0.3, -0.25) is 4.98 Å². The van der Waals surface area contributed by atoms with Gasteiger partial charge in [0.1, 0.15) is 6.10 Å². The zero-order valence-corrected chi connectivity index (χ0v) is 14.8. The maximum Gasteiger partial charge on any atom is 0.338 e. The van der Waals surface area contributed by atoms with Crippen molar-refractivity contribution in [3.8, 4) is 0 Å². The molecule has 136 valence electrons. The van der Waals surface area contributed by atoms with Gasteiger partial charge in [0, 0.05) is 12.1 Å². The minimum Gasteiger partial charge on any atom is -0.478 e. The maximum atomic E-state index is 12.6. The van der Waals surface area contributed by atoms with E-state index in [0.717, 1.165) is 5.56 Å². The molecule has 2 atom stereocenters. The van der Waals surface area contributed by atoms with Gasteiger partial charge in [0.2, 0.25) is 0 Å². The molecule has 0 aliphatic rings. The summed E-state index contributed by atoms with van der Waals surface area (Å²) in [5, 5.41) is 9.48. The molecule has 0 radical (unpaired) electrons. The van der Waals surface area contributed by atoms with Crippen LogP contribution in [0.2, 0.25) is 0 Å². The van der Waals surface area contributed by atoms with E-state index in [1.807, 2.05) is 43.3 Å². The SMILES string of the molecule is CC(c1ncccc1C(=O)O)C(OC(=O)c1ccccc1)c1ccccc1. The number of carbonyl (C=O) groups is 2. The minimum atomic E-state index is -1.06. The molecule has 1 aromatic heterocycles. The average molecular weight is 361 g/mol. The highest BCUT2D eigenvalue weighted by Crippen LogP contribution is 2.35. The van der Waals surface area contributed by atoms with Gasteiger partial charge in [0.15, 0.2) is 0 Å². The number of aromatic nitrogens is 1. The van der Waals surface area contributed by atoms with Crippen LogP contribution in [0.3, 0.4) is 0 Å². The number of rotatable bonds is 6. The Kier molecular flexibility index (Phi) is 5.61. The molecule has 1 N–H and O–H groups in total. The summed E-state index contributed by atoms with van der Waals surface area (Å²) in [6, 6.07) is 21.0. The van der Waals surface area contributed by atoms with Crippen molar-refractivity contribution in [3.05, 3.63) is 101 Å². The number of benzene rings is 2. The van der Waals surface area contributed by atoms with Crippen molar-refractivity contribution in [3.63, 3.8) is 0 Å². The summed E-state index contributed by atoms with van der Waals surface area (Å²) < 4.78 is 5.80. The summed E-state index contributed by atoms with van der Waals surface area (Å²) in [6.45, 7) is 1.81. The monoisotopic (exact) mass is 361 g/mol. The molecule has 0 amide bonds. The second-order valence-electron chi connectivity index (χ2n) is 6.13. The van der Waals surface area contributed by atoms with Gasteiger partial charge < -0.3 is 9.84 Å². The molecule has 0 aliphatic heterocycles. The highest BCUT2D eigenvalue weighted by molar-refractivity contribution is 5.90. The smallest absolute Gasteiger partial charge is 0.338 e. The molecule has 1 heterocycles. The molecule has 3 aromatic rings. The Labute approximate surface area is 157 Å². The predicted molar refractivity (Wildman–Crippen MR) is 101 cm³/mol. The third kappa shape index (κ3) is 4.20. The van der Waals surface area contributed by atoms with E-state index in [1.165, 1.54) is 6.07 Å². The summed E-state index contributed by atoms with van der Waals surface area (Å²) in [4.78, 5) is 28.5. The summed E-state index contributed by atoms with van der Waals surface area (Å²) in [5.41, 5.74) is 1.68. The van der Waals surface area contributed by atoms with Crippen LogP contribution in [0.25, 0.3) is 0 Å². The van der Waals surface area contributed by atoms with Crippen LogP contribution < -0.4 is 0 Å². The molecule has 0 fully saturated rings. The zero-order chi connectivity index (χ0) is 19.2. The second-order valence-corrected chi connectivity index (χ2v) is 6.13. The molecular formula is C22H19NO4. The number of carboxylic acid groups (broad SMARTS) is 1. The van der Waals surface area contributed by atoms with E-state index in [4.69, 9.17) is 4.74 Å². The molecule has 0 spiro atoms. The van der Waals surface area contributed by atoms with Crippen LogP contribution in [0.4, 0.5) is 0 Å². The van der Waals surface area contributed by atoms with E-state index in [0.29, 0.717) is 11.3 Å². The van der Waals surface area contributed by atoms with Crippen LogP contribution >= 0.6 is 0 Å². The van der Waals surface area contributed by atoms with Crippen LogP contribution in [0.5, 0.6) is 0 Å². The number of carboxylic acids is 1. The number of carbonyl (C=O) groups excluding carboxylic acids is 1. The van der Waals surface area contributed by atoms with Crippen molar-refractivity contribution in [2.75, 3.05) is 0 Å². The minimum absolute atomic E-state index is 0.0988. The Morgan fingerprint density at radius 2 is 1.56 bits per heavy atom. The summed E-state index contributed by atoms with van der Waals surface area (Å²) in [6.07, 6.45) is 0.867. The van der Waals surface area contributed by atoms with Gasteiger partial charge >= 0.3 is 11.9 Å². The van der Waals surface area contributed by atoms with Gasteiger partial charge in [0.05, 0.1) is 16.8 Å². The lowest BCUT2D eigenvalue weighted by atomic mass is 9.91. The Hall–Kier alpha value is -3.47. The quantitative estimate of drug-likeness (QED) is 0.655. The number of esters is 1. The highest BCUT2D eigenvalue weighted by Gasteiger charge is 2.29. The number of aromatic carboxylic acids is 1. The molecule has 2 unspecified atom stereocenters. The van der Waals surface area contributed by atoms with Crippen molar-refractivity contribution in [1.29, 1.82) is 0 Å². The van der Waals surface area contributed by atoms with E-state index in [2.05, 4.69) is 4.98 Å². The first-order valence-electron chi connectivity index (χ1n) is 8.57. The summed E-state index contributed by atoms with van der Waals surface area (Å²) >= 11 is 0. The van der Waals surface area contributed by atoms with Crippen LogP contribution in [0.15, 0.2) is 79.0 Å². The lowest BCUT2D eigenvalue weighted by molar-refractivity contribution is 0.0236. The molecule has 2 aromatic carbocycles. The first-order valence-corrected chi connectivity index (χ1v) is 8.57. The Balaban J connectivity index is 1.98. The number of ether oxygens (including phenoxy) is 1. The molecule has 27 heavy (non-hydrogen) atoms. The molecule has 0 aliphatic carbocycles. The van der Waals surface area contributed by atoms with Gasteiger partial charge in [-0.25, -0.2) is 9.59 Å². The fourth-order valence-corrected chi connectivity index (χ4v) is 2.96. The van der Waals surface area contributed by atoms with Crippen molar-refractivity contribution < 1.29 is 19.4 Å². The molecule has 5 heteroatoms. The number of pyridine rings is 1. The first kappa shape index (κ1) is 18.3. The van der Waals surface area contributed by atoms with Gasteiger partial charge in [0.25, 0.3) is 0 Å². The van der Waals surface area contributed by atoms with E-state index >= 15 is 0 Å². The Bertz CT molecular complexity index is 925. The van der Waals surface area contributed by atoms with Gasteiger partial charge in [-0.1, -0.05) is 55.5 Å². The molecule has 0 saturated carbocycles. The Morgan fingerprint density at radius 3 is 2.19 bits per heavy atom. The van der Waals surface area contributed by atoms with E-state index in [9.17, 15) is 14.7 Å². The first-order chi connectivity index (χ1) is 13.1. The molecule has 0 saturated heterocycles. The lowest BCUT2D eigenvalue weighted by Crippen LogP contribution is -2.20. The van der Waals surface area contributed by atoms with Crippen LogP contribution in [-0.2, 0) is 4.74 Å². The molecule has 5 nitrogen and oxygen atoms in total. The third-order valence-corrected chi connectivity index (χ3v) is 4.33. The van der Waals surface area contributed by atoms with E-state index in [1.54, 1.807) is 36.5 Å². The van der Waals surface area contributed by atoms with Gasteiger partial charge in [-0.15, -0.1) is 0 Å². The van der Waals surface area contributed by atoms with E-state index in [-0.39, 0.29) is 5.56 Å². The van der Waals surface area contributed by atoms with Crippen molar-refractivity contribution in [2.24, 2.45) is 0 Å². The standard InChI is InChI=1S/C22H19NO4/c1-15(19-18(21(24)25)13-8-14-23-19)20(16-9-4-2-5-10-16)27-22(26)17-11-6-3-7-12-17/h2-15,20H,1H3,(H,24,25). The fraction of sp³-hybridized carbons (Fsp3) is 0.136. The fourth-order valence-electron chi connectivity index (χ4n) is 2.96. The van der Waals surface area contributed by atoms with Crippen LogP contribution in [-0.4, -0.2) is 22.0 Å². The number of hydrogen-bond donors (Lipinski definition) is 1. The third-order valence-electron chi connectivity index (χ3n) is 4.33. The van der Waals surface area contributed by atoms with Crippen molar-refractivity contribution in [2.45, 2.75) is 18.9 Å². The topological polar surface area (TPSA) is 76.5 Å². The number of hydrogen-bond acceptors (Lipinski definition) is 4. The largest absolute Gasteiger partial charge is 0.478 e. The molecular weight excluding hydrogens is 342 g/mol. The Morgan fingerprint density at radius 1 is 0.926 bits per heavy atom. The molecule has 3 rings (SSSR count). The molecule has 0 bridgehead atoms. The van der Waals surface area contributed by atoms with Crippen molar-refractivity contribution in [1.82, 2.24) is 4.98 Å². The average Bonchev–Trinajstić information content (AvgIpc) is 2.72. The predicted octanol–water partition coefficient (Wildman–Crippen LogP) is 4.48. The van der Waals surface area contributed by atoms with Gasteiger partial charge in [-0.2, -0.15) is 0 Å². The maximum absolute atomic E-state index is 12.6. The van der Waals surface area contributed by atoms with Crippen LogP contribution in [0.1, 0.15) is 50.9 Å². The van der Waals surface area contributed by atoms with E-state index < -0.39 is 24.0 Å². The number of nitrogens with zero attached hydrogens (tertiary/aromatic N) is 1. The van der Waals surface area contributed by atoms with Gasteiger partial charge in [-0.05, 0) is 29.8 Å². The highest BCUT2D eigenvalue weighted by atomic mass is 16.5. The second kappa shape index (κ2) is 8.27. The van der Waals surface area contributed by atoms with Crippen molar-refractivity contribution >= 4 is 11.9 Å². The van der Waals surface area contributed by atoms with Crippen LogP contribution in [0, 0.1) is 0 Å². The summed E-state index contributed by atoms with van der Waals surface area (Å²) in [7, 11) is 0. The normalized spacial score (nSPS) is 12.8. The lowest BCUT2D eigenvalue weighted by Gasteiger charge is -2.25.